The molecule has 1 aromatic carbocycles. The molecule has 0 spiro atoms. The van der Waals surface area contributed by atoms with Crippen molar-refractivity contribution in [3.8, 4) is 0 Å². The maximum Gasteiger partial charge on any atom is 0.124 e. The van der Waals surface area contributed by atoms with E-state index in [1.807, 2.05) is 23.9 Å². The zero-order valence-corrected chi connectivity index (χ0v) is 8.85. The molecule has 0 aliphatic carbocycles. The molecule has 0 unspecified atom stereocenters. The van der Waals surface area contributed by atoms with Crippen LogP contribution in [0.15, 0.2) is 42.7 Å². The summed E-state index contributed by atoms with van der Waals surface area (Å²) in [4.78, 5) is 4.14. The van der Waals surface area contributed by atoms with Crippen LogP contribution in [0.1, 0.15) is 11.4 Å². The molecule has 2 aromatic rings. The van der Waals surface area contributed by atoms with E-state index in [2.05, 4.69) is 34.7 Å². The minimum Gasteiger partial charge on any atom is -0.324 e. The van der Waals surface area contributed by atoms with E-state index in [1.54, 1.807) is 6.20 Å². The van der Waals surface area contributed by atoms with Crippen LogP contribution < -0.4 is 5.43 Å². The molecule has 0 saturated carbocycles. The lowest BCUT2D eigenvalue weighted by Gasteiger charge is -2.08. The molecule has 0 radical (unpaired) electrons. The summed E-state index contributed by atoms with van der Waals surface area (Å²) < 4.78 is 1.95. The number of nitrogens with one attached hydrogen (secondary N) is 1. The van der Waals surface area contributed by atoms with E-state index in [4.69, 9.17) is 0 Å². The van der Waals surface area contributed by atoms with E-state index in [1.165, 1.54) is 5.56 Å². The first-order chi connectivity index (χ1) is 7.36. The van der Waals surface area contributed by atoms with Gasteiger partial charge in [0, 0.05) is 18.9 Å². The van der Waals surface area contributed by atoms with Crippen LogP contribution in [-0.2, 0) is 6.42 Å². The van der Waals surface area contributed by atoms with Crippen molar-refractivity contribution in [2.75, 3.05) is 12.0 Å². The van der Waals surface area contributed by atoms with E-state index >= 15 is 0 Å². The third-order valence-corrected chi connectivity index (χ3v) is 2.36. The molecule has 0 atom stereocenters. The van der Waals surface area contributed by atoms with E-state index in [0.717, 1.165) is 18.8 Å². The van der Waals surface area contributed by atoms with Crippen LogP contribution in [0.25, 0.3) is 0 Å². The first kappa shape index (κ1) is 9.77. The van der Waals surface area contributed by atoms with Crippen molar-refractivity contribution in [3.63, 3.8) is 0 Å². The Morgan fingerprint density at radius 2 is 2.07 bits per heavy atom. The predicted octanol–water partition coefficient (Wildman–Crippen LogP) is 1.98. The Morgan fingerprint density at radius 3 is 2.73 bits per heavy atom. The van der Waals surface area contributed by atoms with Gasteiger partial charge in [0.2, 0.25) is 0 Å². The van der Waals surface area contributed by atoms with Crippen LogP contribution in [0, 0.1) is 6.92 Å². The van der Waals surface area contributed by atoms with Crippen LogP contribution in [0.3, 0.4) is 0 Å². The highest BCUT2D eigenvalue weighted by Gasteiger charge is 1.95. The molecule has 0 aliphatic rings. The maximum absolute atomic E-state index is 4.14. The zero-order chi connectivity index (χ0) is 10.5. The minimum atomic E-state index is 0.918. The fourth-order valence-corrected chi connectivity index (χ4v) is 1.51. The van der Waals surface area contributed by atoms with Crippen molar-refractivity contribution in [2.24, 2.45) is 0 Å². The number of nitrogens with zero attached hydrogens (tertiary/aromatic N) is 2. The van der Waals surface area contributed by atoms with Gasteiger partial charge in [-0.05, 0) is 18.9 Å². The first-order valence-electron chi connectivity index (χ1n) is 5.14. The summed E-state index contributed by atoms with van der Waals surface area (Å²) in [7, 11) is 0. The van der Waals surface area contributed by atoms with Crippen molar-refractivity contribution >= 4 is 0 Å². The Balaban J connectivity index is 1.83. The van der Waals surface area contributed by atoms with Gasteiger partial charge in [0.15, 0.2) is 0 Å². The average Bonchev–Trinajstić information content (AvgIpc) is 2.66. The molecular weight excluding hydrogens is 186 g/mol. The largest absolute Gasteiger partial charge is 0.324 e. The summed E-state index contributed by atoms with van der Waals surface area (Å²) in [5.41, 5.74) is 4.65. The molecule has 0 aliphatic heterocycles. The van der Waals surface area contributed by atoms with Crippen LogP contribution >= 0.6 is 0 Å². The molecular formula is C12H15N3. The first-order valence-corrected chi connectivity index (χ1v) is 5.14. The van der Waals surface area contributed by atoms with Gasteiger partial charge in [-0.15, -0.1) is 0 Å². The van der Waals surface area contributed by atoms with Crippen LogP contribution in [-0.4, -0.2) is 16.2 Å². The molecule has 78 valence electrons. The van der Waals surface area contributed by atoms with E-state index in [0.29, 0.717) is 0 Å². The fourth-order valence-electron chi connectivity index (χ4n) is 1.51. The van der Waals surface area contributed by atoms with Crippen molar-refractivity contribution in [3.05, 3.63) is 54.1 Å². The molecule has 2 rings (SSSR count). The highest BCUT2D eigenvalue weighted by Crippen LogP contribution is 1.99. The van der Waals surface area contributed by atoms with Crippen LogP contribution in [0.5, 0.6) is 0 Å². The lowest BCUT2D eigenvalue weighted by atomic mass is 10.2. The van der Waals surface area contributed by atoms with Crippen LogP contribution in [0.4, 0.5) is 0 Å². The Hall–Kier alpha value is -1.77. The monoisotopic (exact) mass is 201 g/mol. The molecule has 1 N–H and O–H groups in total. The molecule has 1 heterocycles. The quantitative estimate of drug-likeness (QED) is 0.819. The third-order valence-electron chi connectivity index (χ3n) is 2.36. The molecule has 0 saturated heterocycles. The lowest BCUT2D eigenvalue weighted by molar-refractivity contribution is 0.791. The topological polar surface area (TPSA) is 29.9 Å². The zero-order valence-electron chi connectivity index (χ0n) is 8.85. The second-order valence-corrected chi connectivity index (χ2v) is 3.49. The molecule has 3 nitrogen and oxygen atoms in total. The summed E-state index contributed by atoms with van der Waals surface area (Å²) >= 11 is 0. The van der Waals surface area contributed by atoms with Crippen molar-refractivity contribution in [2.45, 2.75) is 13.3 Å². The Bertz CT molecular complexity index is 406. The normalized spacial score (nSPS) is 10.2. The molecule has 0 amide bonds. The van der Waals surface area contributed by atoms with Gasteiger partial charge < -0.3 is 5.43 Å². The Labute approximate surface area is 89.7 Å². The number of hydrogen-bond acceptors (Lipinski definition) is 2. The number of aryl methyl sites for hydroxylation is 1. The summed E-state index contributed by atoms with van der Waals surface area (Å²) in [5.74, 6) is 0.989. The highest BCUT2D eigenvalue weighted by atomic mass is 15.4. The smallest absolute Gasteiger partial charge is 0.124 e. The van der Waals surface area contributed by atoms with Gasteiger partial charge in [-0.2, -0.15) is 0 Å². The summed E-state index contributed by atoms with van der Waals surface area (Å²) in [6, 6.07) is 10.5. The van der Waals surface area contributed by atoms with Crippen molar-refractivity contribution in [1.82, 2.24) is 9.66 Å². The fraction of sp³-hybridized carbons (Fsp3) is 0.250. The molecule has 3 heteroatoms. The van der Waals surface area contributed by atoms with Gasteiger partial charge in [-0.25, -0.2) is 4.98 Å². The van der Waals surface area contributed by atoms with Crippen LogP contribution in [0.2, 0.25) is 0 Å². The number of hydrogen-bond donors (Lipinski definition) is 1. The predicted molar refractivity (Wildman–Crippen MR) is 61.3 cm³/mol. The molecule has 0 bridgehead atoms. The maximum atomic E-state index is 4.14. The molecule has 0 fully saturated rings. The molecule has 15 heavy (non-hydrogen) atoms. The third kappa shape index (κ3) is 2.59. The van der Waals surface area contributed by atoms with Crippen molar-refractivity contribution in [1.29, 1.82) is 0 Å². The highest BCUT2D eigenvalue weighted by molar-refractivity contribution is 5.15. The second-order valence-electron chi connectivity index (χ2n) is 3.49. The minimum absolute atomic E-state index is 0.918. The standard InChI is InChI=1S/C12H15N3/c1-11-13-9-10-15(11)14-8-7-12-5-3-2-4-6-12/h2-6,9-10,14H,7-8H2,1H3. The Morgan fingerprint density at radius 1 is 1.27 bits per heavy atom. The number of rotatable bonds is 4. The number of aromatic nitrogens is 2. The van der Waals surface area contributed by atoms with Gasteiger partial charge in [0.1, 0.15) is 5.82 Å². The van der Waals surface area contributed by atoms with Gasteiger partial charge in [0.25, 0.3) is 0 Å². The number of imidazole rings is 1. The Kier molecular flexibility index (Phi) is 3.02. The summed E-state index contributed by atoms with van der Waals surface area (Å²) in [6.07, 6.45) is 4.75. The van der Waals surface area contributed by atoms with E-state index in [-0.39, 0.29) is 0 Å². The van der Waals surface area contributed by atoms with E-state index in [9.17, 15) is 0 Å². The SMILES string of the molecule is Cc1nccn1NCCc1ccccc1. The van der Waals surface area contributed by atoms with Gasteiger partial charge in [0.05, 0.1) is 0 Å². The number of benzene rings is 1. The van der Waals surface area contributed by atoms with Gasteiger partial charge in [-0.1, -0.05) is 30.3 Å². The average molecular weight is 201 g/mol. The molecule has 1 aromatic heterocycles. The van der Waals surface area contributed by atoms with Gasteiger partial charge >= 0.3 is 0 Å². The van der Waals surface area contributed by atoms with E-state index < -0.39 is 0 Å². The summed E-state index contributed by atoms with van der Waals surface area (Å²) in [6.45, 7) is 2.90. The van der Waals surface area contributed by atoms with Crippen molar-refractivity contribution < 1.29 is 0 Å². The second kappa shape index (κ2) is 4.64. The lowest BCUT2D eigenvalue weighted by Crippen LogP contribution is -2.17. The van der Waals surface area contributed by atoms with Gasteiger partial charge in [-0.3, -0.25) is 4.68 Å². The summed E-state index contributed by atoms with van der Waals surface area (Å²) in [5, 5.41) is 0.